The van der Waals surface area contributed by atoms with E-state index in [0.717, 1.165) is 81.3 Å². The van der Waals surface area contributed by atoms with Gasteiger partial charge in [-0.3, -0.25) is 0 Å². The zero-order valence-electron chi connectivity index (χ0n) is 24.3. The van der Waals surface area contributed by atoms with Crippen LogP contribution in [-0.2, 0) is 4.74 Å². The molecule has 0 aliphatic heterocycles. The van der Waals surface area contributed by atoms with E-state index in [1.54, 1.807) is 0 Å². The molecule has 2 saturated carbocycles. The lowest BCUT2D eigenvalue weighted by Gasteiger charge is -2.36. The summed E-state index contributed by atoms with van der Waals surface area (Å²) in [7, 11) is 0. The molecule has 0 aromatic heterocycles. The first-order chi connectivity index (χ1) is 19.1. The van der Waals surface area contributed by atoms with Gasteiger partial charge in [0.1, 0.15) is 11.6 Å². The fraction of sp³-hybridized carbons (Fsp3) is 0.611. The van der Waals surface area contributed by atoms with Crippen LogP contribution in [0.4, 0.5) is 4.39 Å². The third-order valence-electron chi connectivity index (χ3n) is 9.89. The van der Waals surface area contributed by atoms with Gasteiger partial charge in [-0.15, -0.1) is 0 Å². The Bertz CT molecular complexity index is 1060. The topological polar surface area (TPSA) is 18.5 Å². The van der Waals surface area contributed by atoms with Crippen LogP contribution in [0, 0.1) is 17.7 Å². The summed E-state index contributed by atoms with van der Waals surface area (Å²) in [6.45, 7) is 5.84. The third kappa shape index (κ3) is 7.34. The molecule has 0 spiro atoms. The molecule has 0 bridgehead atoms. The number of ether oxygens (including phenoxy) is 2. The maximum Gasteiger partial charge on any atom is 0.130 e. The highest BCUT2D eigenvalue weighted by Crippen LogP contribution is 2.44. The van der Waals surface area contributed by atoms with E-state index in [1.165, 1.54) is 55.2 Å². The molecular formula is C36H49FO2. The lowest BCUT2D eigenvalue weighted by atomic mass is 9.70. The molecule has 1 unspecified atom stereocenters. The highest BCUT2D eigenvalue weighted by Gasteiger charge is 2.30. The van der Waals surface area contributed by atoms with Crippen LogP contribution in [0.2, 0.25) is 0 Å². The molecule has 5 rings (SSSR count). The minimum Gasteiger partial charge on any atom is -0.494 e. The van der Waals surface area contributed by atoms with Crippen molar-refractivity contribution < 1.29 is 13.9 Å². The molecule has 2 fully saturated rings. The van der Waals surface area contributed by atoms with Crippen molar-refractivity contribution in [1.82, 2.24) is 0 Å². The number of rotatable bonds is 10. The number of allylic oxidation sites excluding steroid dienone is 2. The van der Waals surface area contributed by atoms with E-state index in [-0.39, 0.29) is 5.82 Å². The van der Waals surface area contributed by atoms with Gasteiger partial charge in [-0.2, -0.15) is 0 Å². The summed E-state index contributed by atoms with van der Waals surface area (Å²) < 4.78 is 27.0. The van der Waals surface area contributed by atoms with Crippen LogP contribution in [0.5, 0.6) is 5.75 Å². The van der Waals surface area contributed by atoms with Gasteiger partial charge in [0.25, 0.3) is 0 Å². The van der Waals surface area contributed by atoms with Gasteiger partial charge in [-0.25, -0.2) is 4.39 Å². The van der Waals surface area contributed by atoms with Crippen LogP contribution >= 0.6 is 0 Å². The second-order valence-corrected chi connectivity index (χ2v) is 12.3. The summed E-state index contributed by atoms with van der Waals surface area (Å²) in [5.41, 5.74) is 4.72. The SMILES string of the molecule is CCCCOC1CCC(c2ccc(C3=CCC(C4CCC(c5ccc(OCC)cc5)CC4)CC3)c(F)c2)CC1. The number of hydrogen-bond donors (Lipinski definition) is 0. The Kier molecular flexibility index (Phi) is 10.2. The molecule has 2 aromatic carbocycles. The number of hydrogen-bond acceptors (Lipinski definition) is 2. The maximum atomic E-state index is 15.3. The number of halogens is 1. The predicted molar refractivity (Wildman–Crippen MR) is 160 cm³/mol. The Labute approximate surface area is 236 Å². The predicted octanol–water partition coefficient (Wildman–Crippen LogP) is 10.2. The molecule has 0 amide bonds. The van der Waals surface area contributed by atoms with Gasteiger partial charge in [-0.1, -0.05) is 43.7 Å². The number of unbranched alkanes of at least 4 members (excludes halogenated alkanes) is 1. The Hall–Kier alpha value is -2.13. The van der Waals surface area contributed by atoms with Gasteiger partial charge < -0.3 is 9.47 Å². The van der Waals surface area contributed by atoms with Crippen molar-refractivity contribution in [2.24, 2.45) is 11.8 Å². The minimum absolute atomic E-state index is 0.0191. The normalized spacial score (nSPS) is 27.7. The fourth-order valence-corrected chi connectivity index (χ4v) is 7.46. The fourth-order valence-electron chi connectivity index (χ4n) is 7.46. The van der Waals surface area contributed by atoms with Crippen LogP contribution in [0.25, 0.3) is 5.57 Å². The zero-order valence-corrected chi connectivity index (χ0v) is 24.3. The van der Waals surface area contributed by atoms with Gasteiger partial charge in [0.2, 0.25) is 0 Å². The first-order valence-corrected chi connectivity index (χ1v) is 16.0. The molecule has 3 heteroatoms. The highest BCUT2D eigenvalue weighted by molar-refractivity contribution is 5.67. The van der Waals surface area contributed by atoms with Crippen molar-refractivity contribution in [3.05, 3.63) is 71.0 Å². The Morgan fingerprint density at radius 1 is 0.769 bits per heavy atom. The van der Waals surface area contributed by atoms with E-state index < -0.39 is 0 Å². The van der Waals surface area contributed by atoms with Gasteiger partial charge in [0, 0.05) is 12.2 Å². The number of benzene rings is 2. The van der Waals surface area contributed by atoms with Crippen molar-refractivity contribution in [3.63, 3.8) is 0 Å². The van der Waals surface area contributed by atoms with Crippen LogP contribution in [-0.4, -0.2) is 19.3 Å². The average molecular weight is 533 g/mol. The second kappa shape index (κ2) is 14.0. The summed E-state index contributed by atoms with van der Waals surface area (Å²) in [5.74, 6) is 3.68. The molecule has 2 aromatic rings. The van der Waals surface area contributed by atoms with E-state index in [0.29, 0.717) is 17.9 Å². The quantitative estimate of drug-likeness (QED) is 0.283. The smallest absolute Gasteiger partial charge is 0.130 e. The van der Waals surface area contributed by atoms with Crippen LogP contribution < -0.4 is 4.74 Å². The van der Waals surface area contributed by atoms with E-state index in [1.807, 2.05) is 13.0 Å². The van der Waals surface area contributed by atoms with Crippen LogP contribution in [0.1, 0.15) is 126 Å². The summed E-state index contributed by atoms with van der Waals surface area (Å²) >= 11 is 0. The molecule has 0 heterocycles. The van der Waals surface area contributed by atoms with E-state index in [4.69, 9.17) is 9.47 Å². The molecule has 0 N–H and O–H groups in total. The first kappa shape index (κ1) is 28.4. The van der Waals surface area contributed by atoms with Crippen molar-refractivity contribution in [2.75, 3.05) is 13.2 Å². The van der Waals surface area contributed by atoms with Crippen molar-refractivity contribution in [3.8, 4) is 5.75 Å². The van der Waals surface area contributed by atoms with E-state index >= 15 is 4.39 Å². The molecule has 212 valence electrons. The minimum atomic E-state index is -0.0191. The second-order valence-electron chi connectivity index (χ2n) is 12.3. The van der Waals surface area contributed by atoms with Gasteiger partial charge in [-0.05, 0) is 143 Å². The van der Waals surface area contributed by atoms with Gasteiger partial charge >= 0.3 is 0 Å². The highest BCUT2D eigenvalue weighted by atomic mass is 19.1. The average Bonchev–Trinajstić information content (AvgIpc) is 2.98. The summed E-state index contributed by atoms with van der Waals surface area (Å²) in [6.07, 6.45) is 18.1. The van der Waals surface area contributed by atoms with Crippen molar-refractivity contribution in [2.45, 2.75) is 115 Å². The molecule has 3 aliphatic rings. The molecule has 39 heavy (non-hydrogen) atoms. The molecular weight excluding hydrogens is 483 g/mol. The molecule has 2 nitrogen and oxygen atoms in total. The third-order valence-corrected chi connectivity index (χ3v) is 9.89. The van der Waals surface area contributed by atoms with Crippen molar-refractivity contribution in [1.29, 1.82) is 0 Å². The van der Waals surface area contributed by atoms with E-state index in [2.05, 4.69) is 49.4 Å². The first-order valence-electron chi connectivity index (χ1n) is 16.0. The van der Waals surface area contributed by atoms with Crippen LogP contribution in [0.15, 0.2) is 48.5 Å². The molecule has 1 atom stereocenters. The summed E-state index contributed by atoms with van der Waals surface area (Å²) in [4.78, 5) is 0. The lowest BCUT2D eigenvalue weighted by molar-refractivity contribution is 0.0232. The summed E-state index contributed by atoms with van der Waals surface area (Å²) in [5, 5.41) is 0. The van der Waals surface area contributed by atoms with Gasteiger partial charge in [0.15, 0.2) is 0 Å². The standard InChI is InChI=1S/C36H49FO2/c1-3-5-24-39-34-21-16-30(17-22-34)32-18-23-35(36(37)25-32)31-12-10-28(11-13-31)26-6-8-27(9-7-26)29-14-19-33(20-15-29)38-4-2/h12,14-15,18-20,23,25-28,30,34H,3-11,13,16-17,21-22,24H2,1-2H3. The molecule has 3 aliphatic carbocycles. The summed E-state index contributed by atoms with van der Waals surface area (Å²) in [6, 6.07) is 14.9. The zero-order chi connectivity index (χ0) is 27.0. The lowest BCUT2D eigenvalue weighted by Crippen LogP contribution is -2.22. The maximum absolute atomic E-state index is 15.3. The van der Waals surface area contributed by atoms with Crippen molar-refractivity contribution >= 4 is 5.57 Å². The molecule has 0 saturated heterocycles. The Morgan fingerprint density at radius 3 is 2.10 bits per heavy atom. The largest absolute Gasteiger partial charge is 0.494 e. The Balaban J connectivity index is 1.10. The monoisotopic (exact) mass is 532 g/mol. The van der Waals surface area contributed by atoms with Gasteiger partial charge in [0.05, 0.1) is 12.7 Å². The van der Waals surface area contributed by atoms with E-state index in [9.17, 15) is 0 Å². The molecule has 0 radical (unpaired) electrons. The van der Waals surface area contributed by atoms with Crippen LogP contribution in [0.3, 0.4) is 0 Å². The Morgan fingerprint density at radius 2 is 1.46 bits per heavy atom.